The average molecular weight is 347 g/mol. The van der Waals surface area contributed by atoms with Gasteiger partial charge in [-0.2, -0.15) is 0 Å². The van der Waals surface area contributed by atoms with Crippen molar-refractivity contribution >= 4 is 11.9 Å². The Hall–Kier alpha value is -2.24. The number of benzene rings is 1. The molecule has 6 nitrogen and oxygen atoms in total. The van der Waals surface area contributed by atoms with E-state index in [2.05, 4.69) is 12.2 Å². The number of carbonyl (C=O) groups is 2. The van der Waals surface area contributed by atoms with E-state index in [9.17, 15) is 9.59 Å². The topological polar surface area (TPSA) is 73.9 Å². The fraction of sp³-hybridized carbons (Fsp3) is 0.579. The minimum absolute atomic E-state index is 0.101. The van der Waals surface area contributed by atoms with E-state index in [1.54, 1.807) is 18.2 Å². The number of ether oxygens (including phenoxy) is 3. The average Bonchev–Trinajstić information content (AvgIpc) is 2.62. The van der Waals surface area contributed by atoms with Crippen molar-refractivity contribution in [1.82, 2.24) is 5.32 Å². The summed E-state index contributed by atoms with van der Waals surface area (Å²) >= 11 is 0. The molecule has 1 N–H and O–H groups in total. The quantitative estimate of drug-likeness (QED) is 0.827. The summed E-state index contributed by atoms with van der Waals surface area (Å²) in [5, 5.41) is 2.98. The fourth-order valence-corrected chi connectivity index (χ4v) is 3.34. The van der Waals surface area contributed by atoms with Gasteiger partial charge in [0.25, 0.3) is 5.91 Å². The Morgan fingerprint density at radius 2 is 1.92 bits per heavy atom. The van der Waals surface area contributed by atoms with Crippen LogP contribution >= 0.6 is 0 Å². The maximum absolute atomic E-state index is 12.0. The molecule has 1 fully saturated rings. The van der Waals surface area contributed by atoms with Crippen LogP contribution in [0.15, 0.2) is 18.2 Å². The lowest BCUT2D eigenvalue weighted by atomic mass is 9.86. The van der Waals surface area contributed by atoms with Gasteiger partial charge < -0.3 is 19.5 Å². The van der Waals surface area contributed by atoms with Crippen molar-refractivity contribution in [3.05, 3.63) is 23.8 Å². The molecule has 1 aliphatic carbocycles. The van der Waals surface area contributed by atoms with Crippen molar-refractivity contribution < 1.29 is 23.8 Å². The predicted molar refractivity (Wildman–Crippen MR) is 91.7 cm³/mol. The predicted octanol–water partition coefficient (Wildman–Crippen LogP) is 2.24. The zero-order chi connectivity index (χ0) is 17.6. The molecule has 0 saturated heterocycles. The van der Waals surface area contributed by atoms with Crippen LogP contribution in [0.5, 0.6) is 11.5 Å². The molecule has 0 radical (unpaired) electrons. The van der Waals surface area contributed by atoms with Crippen molar-refractivity contribution in [3.63, 3.8) is 0 Å². The van der Waals surface area contributed by atoms with Crippen LogP contribution in [0.25, 0.3) is 0 Å². The van der Waals surface area contributed by atoms with Crippen LogP contribution in [-0.2, 0) is 20.7 Å². The van der Waals surface area contributed by atoms with Gasteiger partial charge in [-0.1, -0.05) is 25.8 Å². The van der Waals surface area contributed by atoms with Crippen molar-refractivity contribution in [1.29, 1.82) is 0 Å². The summed E-state index contributed by atoms with van der Waals surface area (Å²) in [6.07, 6.45) is 4.59. The number of rotatable bonds is 5. The molecule has 1 heterocycles. The van der Waals surface area contributed by atoms with Crippen molar-refractivity contribution in [2.45, 2.75) is 45.1 Å². The fourth-order valence-electron chi connectivity index (χ4n) is 3.34. The molecule has 1 aromatic carbocycles. The highest BCUT2D eigenvalue weighted by Crippen LogP contribution is 2.30. The first-order valence-corrected chi connectivity index (χ1v) is 8.95. The van der Waals surface area contributed by atoms with Gasteiger partial charge in [-0.05, 0) is 36.5 Å². The molecule has 25 heavy (non-hydrogen) atoms. The van der Waals surface area contributed by atoms with E-state index in [0.717, 1.165) is 24.8 Å². The van der Waals surface area contributed by atoms with Crippen LogP contribution in [0.1, 0.15) is 38.2 Å². The van der Waals surface area contributed by atoms with Crippen molar-refractivity contribution in [2.24, 2.45) is 5.92 Å². The molecule has 2 aliphatic rings. The molecule has 1 amide bonds. The standard InChI is InChI=1S/C19H25NO5/c1-13-4-2-3-5-15(13)20-18(21)12-25-19(22)11-14-6-7-16-17(10-14)24-9-8-23-16/h6-7,10,13,15H,2-5,8-9,11-12H2,1H3,(H,20,21). The molecule has 1 aromatic rings. The minimum atomic E-state index is -0.427. The maximum atomic E-state index is 12.0. The largest absolute Gasteiger partial charge is 0.486 e. The summed E-state index contributed by atoms with van der Waals surface area (Å²) in [5.74, 6) is 1.15. The molecule has 6 heteroatoms. The molecule has 1 aliphatic heterocycles. The van der Waals surface area contributed by atoms with E-state index < -0.39 is 5.97 Å². The lowest BCUT2D eigenvalue weighted by molar-refractivity contribution is -0.148. The molecule has 0 spiro atoms. The number of carbonyl (C=O) groups excluding carboxylic acids is 2. The molecule has 0 aromatic heterocycles. The van der Waals surface area contributed by atoms with Crippen LogP contribution in [0, 0.1) is 5.92 Å². The van der Waals surface area contributed by atoms with E-state index in [0.29, 0.717) is 30.6 Å². The first-order chi connectivity index (χ1) is 12.1. The normalized spacial score (nSPS) is 22.1. The lowest BCUT2D eigenvalue weighted by Gasteiger charge is -2.29. The number of hydrogen-bond donors (Lipinski definition) is 1. The molecule has 2 atom stereocenters. The first-order valence-electron chi connectivity index (χ1n) is 8.95. The molecule has 1 saturated carbocycles. The molecular weight excluding hydrogens is 322 g/mol. The highest BCUT2D eigenvalue weighted by Gasteiger charge is 2.23. The third-order valence-electron chi connectivity index (χ3n) is 4.78. The third kappa shape index (κ3) is 4.87. The van der Waals surface area contributed by atoms with Gasteiger partial charge in [0, 0.05) is 6.04 Å². The van der Waals surface area contributed by atoms with Gasteiger partial charge in [-0.3, -0.25) is 9.59 Å². The number of hydrogen-bond acceptors (Lipinski definition) is 5. The lowest BCUT2D eigenvalue weighted by Crippen LogP contribution is -2.42. The minimum Gasteiger partial charge on any atom is -0.486 e. The Balaban J connectivity index is 1.44. The summed E-state index contributed by atoms with van der Waals surface area (Å²) in [4.78, 5) is 23.9. The Morgan fingerprint density at radius 1 is 1.16 bits per heavy atom. The number of nitrogens with one attached hydrogen (secondary N) is 1. The van der Waals surface area contributed by atoms with E-state index in [1.807, 2.05) is 0 Å². The second-order valence-electron chi connectivity index (χ2n) is 6.75. The van der Waals surface area contributed by atoms with Gasteiger partial charge in [0.15, 0.2) is 18.1 Å². The third-order valence-corrected chi connectivity index (χ3v) is 4.78. The summed E-state index contributed by atoms with van der Waals surface area (Å²) < 4.78 is 16.1. The zero-order valence-corrected chi connectivity index (χ0v) is 14.6. The SMILES string of the molecule is CC1CCCCC1NC(=O)COC(=O)Cc1ccc2c(c1)OCCO2. The molecule has 136 valence electrons. The second-order valence-corrected chi connectivity index (χ2v) is 6.75. The van der Waals surface area contributed by atoms with Gasteiger partial charge in [0.1, 0.15) is 13.2 Å². The van der Waals surface area contributed by atoms with Gasteiger partial charge in [-0.25, -0.2) is 0 Å². The van der Waals surface area contributed by atoms with Crippen molar-refractivity contribution in [2.75, 3.05) is 19.8 Å². The maximum Gasteiger partial charge on any atom is 0.310 e. The smallest absolute Gasteiger partial charge is 0.310 e. The summed E-state index contributed by atoms with van der Waals surface area (Å²) in [6, 6.07) is 5.56. The van der Waals surface area contributed by atoms with Gasteiger partial charge in [0.05, 0.1) is 6.42 Å². The second kappa shape index (κ2) is 8.23. The van der Waals surface area contributed by atoms with Crippen LogP contribution in [0.4, 0.5) is 0 Å². The van der Waals surface area contributed by atoms with E-state index in [1.165, 1.54) is 6.42 Å². The van der Waals surface area contributed by atoms with Crippen LogP contribution < -0.4 is 14.8 Å². The van der Waals surface area contributed by atoms with E-state index in [4.69, 9.17) is 14.2 Å². The number of amides is 1. The van der Waals surface area contributed by atoms with E-state index >= 15 is 0 Å². The van der Waals surface area contributed by atoms with Crippen molar-refractivity contribution in [3.8, 4) is 11.5 Å². The highest BCUT2D eigenvalue weighted by molar-refractivity contribution is 5.81. The molecular formula is C19H25NO5. The Bertz CT molecular complexity index is 630. The van der Waals surface area contributed by atoms with Gasteiger partial charge in [0.2, 0.25) is 0 Å². The van der Waals surface area contributed by atoms with Crippen LogP contribution in [0.3, 0.4) is 0 Å². The number of fused-ring (bicyclic) bond motifs is 1. The number of esters is 1. The van der Waals surface area contributed by atoms with E-state index in [-0.39, 0.29) is 25.0 Å². The van der Waals surface area contributed by atoms with Gasteiger partial charge >= 0.3 is 5.97 Å². The Labute approximate surface area is 147 Å². The first kappa shape index (κ1) is 17.6. The zero-order valence-electron chi connectivity index (χ0n) is 14.6. The molecule has 0 bridgehead atoms. The summed E-state index contributed by atoms with van der Waals surface area (Å²) in [5.41, 5.74) is 0.774. The summed E-state index contributed by atoms with van der Waals surface area (Å²) in [6.45, 7) is 2.95. The monoisotopic (exact) mass is 347 g/mol. The Morgan fingerprint density at radius 3 is 2.72 bits per heavy atom. The van der Waals surface area contributed by atoms with Crippen LogP contribution in [0.2, 0.25) is 0 Å². The highest BCUT2D eigenvalue weighted by atomic mass is 16.6. The molecule has 2 unspecified atom stereocenters. The van der Waals surface area contributed by atoms with Crippen LogP contribution in [-0.4, -0.2) is 37.7 Å². The summed E-state index contributed by atoms with van der Waals surface area (Å²) in [7, 11) is 0. The molecule has 3 rings (SSSR count). The van der Waals surface area contributed by atoms with Gasteiger partial charge in [-0.15, -0.1) is 0 Å². The Kier molecular flexibility index (Phi) is 5.79.